The molecule has 1 fully saturated rings. The van der Waals surface area contributed by atoms with Crippen molar-refractivity contribution < 1.29 is 23.4 Å². The number of aryl methyl sites for hydroxylation is 2. The van der Waals surface area contributed by atoms with Crippen LogP contribution in [-0.4, -0.2) is 25.2 Å². The van der Waals surface area contributed by atoms with Crippen molar-refractivity contribution in [2.24, 2.45) is 0 Å². The first kappa shape index (κ1) is 21.0. The Morgan fingerprint density at radius 2 is 2.00 bits per heavy atom. The molecule has 4 rings (SSSR count). The van der Waals surface area contributed by atoms with Gasteiger partial charge in [-0.25, -0.2) is 0 Å². The molecule has 1 N–H and O–H groups in total. The Kier molecular flexibility index (Phi) is 6.57. The molecule has 6 nitrogen and oxygen atoms in total. The third kappa shape index (κ3) is 5.67. The van der Waals surface area contributed by atoms with E-state index in [9.17, 15) is 4.79 Å². The number of hydrogen-bond acceptors (Lipinski definition) is 5. The molecule has 2 heterocycles. The van der Waals surface area contributed by atoms with Crippen LogP contribution < -0.4 is 14.8 Å². The molecule has 1 atom stereocenters. The Labute approximate surface area is 182 Å². The summed E-state index contributed by atoms with van der Waals surface area (Å²) in [6.07, 6.45) is 2.24. The fourth-order valence-electron chi connectivity index (χ4n) is 3.51. The van der Waals surface area contributed by atoms with Gasteiger partial charge in [-0.15, -0.1) is 0 Å². The second kappa shape index (κ2) is 9.71. The van der Waals surface area contributed by atoms with E-state index < -0.39 is 0 Å². The Balaban J connectivity index is 1.31. The Bertz CT molecular complexity index is 1040. The highest BCUT2D eigenvalue weighted by atomic mass is 16.5. The number of rotatable bonds is 8. The van der Waals surface area contributed by atoms with E-state index in [1.165, 1.54) is 5.56 Å². The Morgan fingerprint density at radius 1 is 1.10 bits per heavy atom. The quantitative estimate of drug-likeness (QED) is 0.535. The van der Waals surface area contributed by atoms with Gasteiger partial charge in [0.2, 0.25) is 0 Å². The molecule has 6 heteroatoms. The molecule has 0 bridgehead atoms. The number of nitrogens with one attached hydrogen (secondary N) is 1. The average Bonchev–Trinajstić information content (AvgIpc) is 3.44. The average molecular weight is 421 g/mol. The molecule has 2 aromatic carbocycles. The van der Waals surface area contributed by atoms with E-state index in [1.54, 1.807) is 18.2 Å². The fourth-order valence-corrected chi connectivity index (χ4v) is 3.51. The van der Waals surface area contributed by atoms with Crippen molar-refractivity contribution in [1.82, 2.24) is 0 Å². The molecule has 0 aliphatic carbocycles. The lowest BCUT2D eigenvalue weighted by Gasteiger charge is -2.12. The minimum absolute atomic E-state index is 0.144. The van der Waals surface area contributed by atoms with Crippen LogP contribution >= 0.6 is 0 Å². The molecule has 1 aliphatic rings. The second-order valence-corrected chi connectivity index (χ2v) is 7.75. The molecule has 31 heavy (non-hydrogen) atoms. The first-order chi connectivity index (χ1) is 15.1. The number of ether oxygens (including phenoxy) is 3. The van der Waals surface area contributed by atoms with Crippen molar-refractivity contribution >= 4 is 11.6 Å². The van der Waals surface area contributed by atoms with Gasteiger partial charge in [-0.3, -0.25) is 4.79 Å². The SMILES string of the molecule is Cc1ccc(OCc2ccc(C(=O)Nc3cccc(OCC4CCCO4)c3)o2)c(C)c1. The normalized spacial score (nSPS) is 15.6. The lowest BCUT2D eigenvalue weighted by Crippen LogP contribution is -2.16. The summed E-state index contributed by atoms with van der Waals surface area (Å²) in [5.74, 6) is 1.97. The van der Waals surface area contributed by atoms with Crippen LogP contribution in [0.25, 0.3) is 0 Å². The predicted molar refractivity (Wildman–Crippen MR) is 118 cm³/mol. The van der Waals surface area contributed by atoms with Crippen LogP contribution in [0.3, 0.4) is 0 Å². The van der Waals surface area contributed by atoms with Crippen molar-refractivity contribution in [3.63, 3.8) is 0 Å². The van der Waals surface area contributed by atoms with Gasteiger partial charge in [0.15, 0.2) is 5.76 Å². The summed E-state index contributed by atoms with van der Waals surface area (Å²) in [5, 5.41) is 2.84. The van der Waals surface area contributed by atoms with E-state index in [2.05, 4.69) is 11.4 Å². The van der Waals surface area contributed by atoms with Gasteiger partial charge in [-0.1, -0.05) is 23.8 Å². The summed E-state index contributed by atoms with van der Waals surface area (Å²) in [4.78, 5) is 12.6. The fraction of sp³-hybridized carbons (Fsp3) is 0.320. The monoisotopic (exact) mass is 421 g/mol. The first-order valence-corrected chi connectivity index (χ1v) is 10.5. The number of benzene rings is 2. The van der Waals surface area contributed by atoms with E-state index in [0.29, 0.717) is 23.8 Å². The standard InChI is InChI=1S/C25H27NO5/c1-17-8-10-23(18(2)13-17)30-16-22-9-11-24(31-22)25(27)26-19-5-3-6-20(14-19)29-15-21-7-4-12-28-21/h3,5-6,8-11,13-14,21H,4,7,12,15-16H2,1-2H3,(H,26,27). The van der Waals surface area contributed by atoms with Crippen LogP contribution in [0, 0.1) is 13.8 Å². The van der Waals surface area contributed by atoms with Crippen LogP contribution in [-0.2, 0) is 11.3 Å². The van der Waals surface area contributed by atoms with E-state index in [0.717, 1.165) is 30.8 Å². The minimum atomic E-state index is -0.325. The van der Waals surface area contributed by atoms with Crippen molar-refractivity contribution in [3.05, 3.63) is 77.2 Å². The van der Waals surface area contributed by atoms with Crippen molar-refractivity contribution in [3.8, 4) is 11.5 Å². The number of anilines is 1. The van der Waals surface area contributed by atoms with E-state index >= 15 is 0 Å². The molecule has 1 aromatic heterocycles. The summed E-state index contributed by atoms with van der Waals surface area (Å²) < 4.78 is 22.9. The topological polar surface area (TPSA) is 69.9 Å². The molecule has 0 spiro atoms. The van der Waals surface area contributed by atoms with Crippen molar-refractivity contribution in [1.29, 1.82) is 0 Å². The summed E-state index contributed by atoms with van der Waals surface area (Å²) in [6.45, 7) is 5.61. The van der Waals surface area contributed by atoms with Crippen LogP contribution in [0.5, 0.6) is 11.5 Å². The van der Waals surface area contributed by atoms with Gasteiger partial charge < -0.3 is 23.9 Å². The summed E-state index contributed by atoms with van der Waals surface area (Å²) >= 11 is 0. The van der Waals surface area contributed by atoms with Crippen LogP contribution in [0.15, 0.2) is 59.0 Å². The third-order valence-electron chi connectivity index (χ3n) is 5.14. The maximum atomic E-state index is 12.6. The number of amides is 1. The third-order valence-corrected chi connectivity index (χ3v) is 5.14. The molecular weight excluding hydrogens is 394 g/mol. The molecular formula is C25H27NO5. The van der Waals surface area contributed by atoms with Gasteiger partial charge in [-0.05, 0) is 62.6 Å². The number of carbonyl (C=O) groups excluding carboxylic acids is 1. The summed E-state index contributed by atoms with van der Waals surface area (Å²) in [7, 11) is 0. The zero-order valence-electron chi connectivity index (χ0n) is 17.9. The molecule has 1 amide bonds. The van der Waals surface area contributed by atoms with Gasteiger partial charge >= 0.3 is 0 Å². The second-order valence-electron chi connectivity index (χ2n) is 7.75. The van der Waals surface area contributed by atoms with Crippen molar-refractivity contribution in [2.45, 2.75) is 39.4 Å². The van der Waals surface area contributed by atoms with Crippen LogP contribution in [0.4, 0.5) is 5.69 Å². The van der Waals surface area contributed by atoms with Gasteiger partial charge in [0, 0.05) is 18.4 Å². The molecule has 0 radical (unpaired) electrons. The van der Waals surface area contributed by atoms with Gasteiger partial charge in [0.25, 0.3) is 5.91 Å². The van der Waals surface area contributed by atoms with Gasteiger partial charge in [0.1, 0.15) is 30.5 Å². The number of hydrogen-bond donors (Lipinski definition) is 1. The molecule has 1 unspecified atom stereocenters. The molecule has 1 aliphatic heterocycles. The zero-order valence-corrected chi connectivity index (χ0v) is 17.9. The lowest BCUT2D eigenvalue weighted by atomic mass is 10.1. The van der Waals surface area contributed by atoms with Crippen LogP contribution in [0.2, 0.25) is 0 Å². The highest BCUT2D eigenvalue weighted by Gasteiger charge is 2.16. The lowest BCUT2D eigenvalue weighted by molar-refractivity contribution is 0.0679. The molecule has 162 valence electrons. The highest BCUT2D eigenvalue weighted by Crippen LogP contribution is 2.22. The zero-order chi connectivity index (χ0) is 21.6. The van der Waals surface area contributed by atoms with Gasteiger partial charge in [0.05, 0.1) is 6.10 Å². The largest absolute Gasteiger partial charge is 0.491 e. The molecule has 0 saturated carbocycles. The van der Waals surface area contributed by atoms with E-state index in [1.807, 2.05) is 44.2 Å². The van der Waals surface area contributed by atoms with Crippen molar-refractivity contribution in [2.75, 3.05) is 18.5 Å². The minimum Gasteiger partial charge on any atom is -0.491 e. The summed E-state index contributed by atoms with van der Waals surface area (Å²) in [6, 6.07) is 16.7. The number of furan rings is 1. The maximum absolute atomic E-state index is 12.6. The van der Waals surface area contributed by atoms with E-state index in [-0.39, 0.29) is 24.4 Å². The molecule has 1 saturated heterocycles. The smallest absolute Gasteiger partial charge is 0.291 e. The highest BCUT2D eigenvalue weighted by molar-refractivity contribution is 6.02. The Morgan fingerprint density at radius 3 is 2.81 bits per heavy atom. The Hall–Kier alpha value is -3.25. The maximum Gasteiger partial charge on any atom is 0.291 e. The van der Waals surface area contributed by atoms with E-state index in [4.69, 9.17) is 18.6 Å². The summed E-state index contributed by atoms with van der Waals surface area (Å²) in [5.41, 5.74) is 2.88. The number of carbonyl (C=O) groups is 1. The first-order valence-electron chi connectivity index (χ1n) is 10.5. The molecule has 3 aromatic rings. The van der Waals surface area contributed by atoms with Crippen LogP contribution in [0.1, 0.15) is 40.3 Å². The predicted octanol–water partition coefficient (Wildman–Crippen LogP) is 5.29. The van der Waals surface area contributed by atoms with Gasteiger partial charge in [-0.2, -0.15) is 0 Å².